The van der Waals surface area contributed by atoms with Crippen molar-refractivity contribution >= 4 is 34.3 Å². The van der Waals surface area contributed by atoms with E-state index in [9.17, 15) is 4.79 Å². The van der Waals surface area contributed by atoms with E-state index in [1.807, 2.05) is 0 Å². The summed E-state index contributed by atoms with van der Waals surface area (Å²) in [5, 5.41) is 1.34. The molecule has 5 heteroatoms. The van der Waals surface area contributed by atoms with Gasteiger partial charge < -0.3 is 10.5 Å². The summed E-state index contributed by atoms with van der Waals surface area (Å²) in [5.41, 5.74) is 6.71. The maximum atomic E-state index is 11.8. The molecule has 2 N–H and O–H groups in total. The number of carbonyl (C=O) groups excluding carboxylic acids is 1. The lowest BCUT2D eigenvalue weighted by molar-refractivity contribution is 0.0379. The number of nitrogen functional groups attached to an aromatic ring is 1. The van der Waals surface area contributed by atoms with E-state index in [-0.39, 0.29) is 17.5 Å². The van der Waals surface area contributed by atoms with Gasteiger partial charge in [0.05, 0.1) is 11.6 Å². The fourth-order valence-electron chi connectivity index (χ4n) is 1.60. The average Bonchev–Trinajstić information content (AvgIpc) is 2.27. The number of carbonyl (C=O) groups is 1. The third-order valence-electron chi connectivity index (χ3n) is 2.37. The molecule has 18 heavy (non-hydrogen) atoms. The van der Waals surface area contributed by atoms with E-state index in [2.05, 4.69) is 4.98 Å². The van der Waals surface area contributed by atoms with Crippen LogP contribution < -0.4 is 5.73 Å². The lowest BCUT2D eigenvalue weighted by Gasteiger charge is -2.10. The largest absolute Gasteiger partial charge is 0.459 e. The van der Waals surface area contributed by atoms with Crippen LogP contribution in [0.3, 0.4) is 0 Å². The van der Waals surface area contributed by atoms with Crippen molar-refractivity contribution in [3.63, 3.8) is 0 Å². The Bertz CT molecular complexity index is 611. The number of ether oxygens (including phenoxy) is 1. The number of pyridine rings is 1. The maximum absolute atomic E-state index is 11.8. The van der Waals surface area contributed by atoms with Gasteiger partial charge in [0.25, 0.3) is 0 Å². The summed E-state index contributed by atoms with van der Waals surface area (Å²) in [4.78, 5) is 16.0. The van der Waals surface area contributed by atoms with Crippen LogP contribution in [0.5, 0.6) is 0 Å². The van der Waals surface area contributed by atoms with Crippen molar-refractivity contribution in [3.8, 4) is 0 Å². The molecule has 0 saturated heterocycles. The van der Waals surface area contributed by atoms with Gasteiger partial charge >= 0.3 is 5.97 Å². The Morgan fingerprint density at radius 2 is 2.11 bits per heavy atom. The van der Waals surface area contributed by atoms with Gasteiger partial charge in [0.15, 0.2) is 0 Å². The summed E-state index contributed by atoms with van der Waals surface area (Å²) in [6.45, 7) is 3.55. The highest BCUT2D eigenvalue weighted by atomic mass is 35.5. The van der Waals surface area contributed by atoms with Gasteiger partial charge in [0.2, 0.25) is 0 Å². The zero-order chi connectivity index (χ0) is 13.3. The second kappa shape index (κ2) is 4.82. The van der Waals surface area contributed by atoms with E-state index in [4.69, 9.17) is 22.1 Å². The Kier molecular flexibility index (Phi) is 3.39. The first-order chi connectivity index (χ1) is 8.47. The molecule has 0 aliphatic rings. The highest BCUT2D eigenvalue weighted by molar-refractivity contribution is 6.31. The SMILES string of the molecule is CC(C)OC(=O)c1cc2cc(Cl)ccc2nc1N. The van der Waals surface area contributed by atoms with Gasteiger partial charge in [-0.25, -0.2) is 9.78 Å². The number of fused-ring (bicyclic) bond motifs is 1. The number of nitrogens with zero attached hydrogens (tertiary/aromatic N) is 1. The van der Waals surface area contributed by atoms with E-state index in [1.165, 1.54) is 0 Å². The number of hydrogen-bond acceptors (Lipinski definition) is 4. The molecular weight excluding hydrogens is 252 g/mol. The van der Waals surface area contributed by atoms with E-state index in [0.717, 1.165) is 5.39 Å². The van der Waals surface area contributed by atoms with Gasteiger partial charge in [-0.3, -0.25) is 0 Å². The van der Waals surface area contributed by atoms with Crippen LogP contribution in [0.4, 0.5) is 5.82 Å². The average molecular weight is 265 g/mol. The zero-order valence-electron chi connectivity index (χ0n) is 10.1. The molecule has 0 amide bonds. The number of anilines is 1. The molecule has 0 bridgehead atoms. The molecule has 0 unspecified atom stereocenters. The number of hydrogen-bond donors (Lipinski definition) is 1. The third kappa shape index (κ3) is 2.54. The van der Waals surface area contributed by atoms with Crippen LogP contribution in [0.15, 0.2) is 24.3 Å². The molecule has 0 aliphatic carbocycles. The summed E-state index contributed by atoms with van der Waals surface area (Å²) in [6.07, 6.45) is -0.202. The van der Waals surface area contributed by atoms with Crippen LogP contribution in [0.2, 0.25) is 5.02 Å². The van der Waals surface area contributed by atoms with Crippen LogP contribution >= 0.6 is 11.6 Å². The van der Waals surface area contributed by atoms with Gasteiger partial charge in [-0.05, 0) is 38.1 Å². The lowest BCUT2D eigenvalue weighted by atomic mass is 10.1. The van der Waals surface area contributed by atoms with Gasteiger partial charge in [0, 0.05) is 10.4 Å². The van der Waals surface area contributed by atoms with Crippen LogP contribution in [-0.4, -0.2) is 17.1 Å². The van der Waals surface area contributed by atoms with E-state index < -0.39 is 5.97 Å². The molecule has 2 rings (SSSR count). The summed E-state index contributed by atoms with van der Waals surface area (Å²) in [5.74, 6) is -0.313. The minimum Gasteiger partial charge on any atom is -0.459 e. The topological polar surface area (TPSA) is 65.2 Å². The second-order valence-electron chi connectivity index (χ2n) is 4.21. The first-order valence-electron chi connectivity index (χ1n) is 5.54. The number of halogens is 1. The quantitative estimate of drug-likeness (QED) is 0.847. The van der Waals surface area contributed by atoms with E-state index in [0.29, 0.717) is 10.5 Å². The molecule has 0 radical (unpaired) electrons. The maximum Gasteiger partial charge on any atom is 0.342 e. The molecule has 0 fully saturated rings. The van der Waals surface area contributed by atoms with Crippen LogP contribution in [-0.2, 0) is 4.74 Å². The monoisotopic (exact) mass is 264 g/mol. The minimum atomic E-state index is -0.475. The van der Waals surface area contributed by atoms with Crippen molar-refractivity contribution in [2.45, 2.75) is 20.0 Å². The summed E-state index contributed by atoms with van der Waals surface area (Å²) in [7, 11) is 0. The van der Waals surface area contributed by atoms with Gasteiger partial charge in [-0.15, -0.1) is 0 Å². The Morgan fingerprint density at radius 1 is 1.39 bits per heavy atom. The Labute approximate surface area is 110 Å². The minimum absolute atomic E-state index is 0.162. The molecular formula is C13H13ClN2O2. The number of benzene rings is 1. The van der Waals surface area contributed by atoms with Gasteiger partial charge in [-0.2, -0.15) is 0 Å². The predicted molar refractivity (Wildman–Crippen MR) is 71.7 cm³/mol. The number of esters is 1. The van der Waals surface area contributed by atoms with Gasteiger partial charge in [0.1, 0.15) is 11.4 Å². The number of rotatable bonds is 2. The molecule has 94 valence electrons. The Morgan fingerprint density at radius 3 is 2.78 bits per heavy atom. The molecule has 0 aliphatic heterocycles. The fourth-order valence-corrected chi connectivity index (χ4v) is 1.78. The van der Waals surface area contributed by atoms with Crippen LogP contribution in [0.1, 0.15) is 24.2 Å². The zero-order valence-corrected chi connectivity index (χ0v) is 10.9. The normalized spacial score (nSPS) is 10.9. The van der Waals surface area contributed by atoms with Crippen molar-refractivity contribution < 1.29 is 9.53 Å². The summed E-state index contributed by atoms with van der Waals surface area (Å²) in [6, 6.07) is 6.86. The fraction of sp³-hybridized carbons (Fsp3) is 0.231. The molecule has 1 aromatic carbocycles. The van der Waals surface area contributed by atoms with Crippen molar-refractivity contribution in [3.05, 3.63) is 34.9 Å². The standard InChI is InChI=1S/C13H13ClN2O2/c1-7(2)18-13(17)10-6-8-5-9(14)3-4-11(8)16-12(10)15/h3-7H,1-2H3,(H2,15,16). The molecule has 0 atom stereocenters. The van der Waals surface area contributed by atoms with Crippen LogP contribution in [0.25, 0.3) is 10.9 Å². The third-order valence-corrected chi connectivity index (χ3v) is 2.60. The number of aromatic nitrogens is 1. The van der Waals surface area contributed by atoms with Crippen molar-refractivity contribution in [1.29, 1.82) is 0 Å². The first-order valence-corrected chi connectivity index (χ1v) is 5.92. The van der Waals surface area contributed by atoms with Crippen LogP contribution in [0, 0.1) is 0 Å². The Balaban J connectivity index is 2.51. The summed E-state index contributed by atoms with van der Waals surface area (Å²) < 4.78 is 5.10. The van der Waals surface area contributed by atoms with Gasteiger partial charge in [-0.1, -0.05) is 11.6 Å². The van der Waals surface area contributed by atoms with E-state index >= 15 is 0 Å². The smallest absolute Gasteiger partial charge is 0.342 e. The van der Waals surface area contributed by atoms with Crippen molar-refractivity contribution in [2.24, 2.45) is 0 Å². The van der Waals surface area contributed by atoms with Crippen molar-refractivity contribution in [2.75, 3.05) is 5.73 Å². The second-order valence-corrected chi connectivity index (χ2v) is 4.65. The Hall–Kier alpha value is -1.81. The highest BCUT2D eigenvalue weighted by Crippen LogP contribution is 2.22. The van der Waals surface area contributed by atoms with Crippen molar-refractivity contribution in [1.82, 2.24) is 4.98 Å². The molecule has 2 aromatic rings. The molecule has 0 spiro atoms. The molecule has 0 saturated carbocycles. The first kappa shape index (κ1) is 12.6. The van der Waals surface area contributed by atoms with E-state index in [1.54, 1.807) is 38.1 Å². The molecule has 1 heterocycles. The summed E-state index contributed by atoms with van der Waals surface area (Å²) >= 11 is 5.90. The number of nitrogens with two attached hydrogens (primary N) is 1. The highest BCUT2D eigenvalue weighted by Gasteiger charge is 2.15. The predicted octanol–water partition coefficient (Wildman–Crippen LogP) is 3.04. The molecule has 1 aromatic heterocycles. The lowest BCUT2D eigenvalue weighted by Crippen LogP contribution is -2.14. The molecule has 4 nitrogen and oxygen atoms in total.